The Hall–Kier alpha value is -3.42. The number of aromatic carboxylic acids is 1. The predicted octanol–water partition coefficient (Wildman–Crippen LogP) is 3.36. The second kappa shape index (κ2) is 9.16. The minimum Gasteiger partial charge on any atom is -0.477 e. The molecule has 0 atom stereocenters. The first-order valence-electron chi connectivity index (χ1n) is 7.70. The first-order valence-corrected chi connectivity index (χ1v) is 7.70. The quantitative estimate of drug-likeness (QED) is 0.369. The van der Waals surface area contributed by atoms with Gasteiger partial charge in [0, 0.05) is 11.8 Å². The van der Waals surface area contributed by atoms with Crippen molar-refractivity contribution in [1.82, 2.24) is 0 Å². The van der Waals surface area contributed by atoms with E-state index in [1.54, 1.807) is 13.0 Å². The number of carboxylic acids is 1. The van der Waals surface area contributed by atoms with Crippen LogP contribution in [0.5, 0.6) is 0 Å². The second-order valence-corrected chi connectivity index (χ2v) is 5.29. The lowest BCUT2D eigenvalue weighted by Crippen LogP contribution is -2.09. The van der Waals surface area contributed by atoms with Crippen molar-refractivity contribution in [1.29, 1.82) is 0 Å². The number of benzene rings is 2. The van der Waals surface area contributed by atoms with Gasteiger partial charge in [-0.25, -0.2) is 9.59 Å². The van der Waals surface area contributed by atoms with Crippen LogP contribution in [0.3, 0.4) is 0 Å². The maximum absolute atomic E-state index is 11.4. The van der Waals surface area contributed by atoms with E-state index in [-0.39, 0.29) is 17.2 Å². The topological polar surface area (TPSA) is 133 Å². The van der Waals surface area contributed by atoms with Crippen LogP contribution in [-0.2, 0) is 4.74 Å². The summed E-state index contributed by atoms with van der Waals surface area (Å²) in [4.78, 5) is 31.7. The first kappa shape index (κ1) is 20.6. The molecule has 0 saturated carbocycles. The van der Waals surface area contributed by atoms with Gasteiger partial charge >= 0.3 is 11.9 Å². The van der Waals surface area contributed by atoms with Gasteiger partial charge in [0.2, 0.25) is 0 Å². The zero-order valence-corrected chi connectivity index (χ0v) is 14.7. The largest absolute Gasteiger partial charge is 0.477 e. The maximum Gasteiger partial charge on any atom is 0.343 e. The fourth-order valence-corrected chi connectivity index (χ4v) is 2.26. The smallest absolute Gasteiger partial charge is 0.343 e. The molecule has 0 heterocycles. The van der Waals surface area contributed by atoms with Crippen LogP contribution in [0.1, 0.15) is 38.8 Å². The molecule has 2 rings (SSSR count). The Labute approximate surface area is 150 Å². The third-order valence-corrected chi connectivity index (χ3v) is 3.45. The van der Waals surface area contributed by atoms with Gasteiger partial charge < -0.3 is 15.6 Å². The van der Waals surface area contributed by atoms with Crippen LogP contribution in [0.2, 0.25) is 0 Å². The molecule has 8 nitrogen and oxygen atoms in total. The molecule has 0 aliphatic rings. The summed E-state index contributed by atoms with van der Waals surface area (Å²) in [6, 6.07) is 9.50. The number of nitro benzene ring substituents is 1. The van der Waals surface area contributed by atoms with E-state index in [0.717, 1.165) is 5.56 Å². The van der Waals surface area contributed by atoms with E-state index in [9.17, 15) is 19.7 Å². The van der Waals surface area contributed by atoms with Crippen molar-refractivity contribution in [2.75, 3.05) is 12.3 Å². The standard InChI is InChI=1S/C10H13NO2.C8H7NO4/c1-3-13-10(12)9-7(2)5-4-6-8(9)11;1-5-3-2-4-6(9(12)13)7(5)8(10)11/h4-6H,3,11H2,1-2H3;2-4H,1H3,(H,10,11). The molecule has 0 aromatic heterocycles. The third-order valence-electron chi connectivity index (χ3n) is 3.45. The Morgan fingerprint density at radius 1 is 1.12 bits per heavy atom. The predicted molar refractivity (Wildman–Crippen MR) is 96.3 cm³/mol. The van der Waals surface area contributed by atoms with Gasteiger partial charge in [0.1, 0.15) is 5.56 Å². The average Bonchev–Trinajstić information content (AvgIpc) is 2.55. The summed E-state index contributed by atoms with van der Waals surface area (Å²) >= 11 is 0. The van der Waals surface area contributed by atoms with E-state index in [4.69, 9.17) is 15.6 Å². The van der Waals surface area contributed by atoms with Gasteiger partial charge in [-0.1, -0.05) is 24.3 Å². The van der Waals surface area contributed by atoms with Crippen LogP contribution < -0.4 is 5.73 Å². The lowest BCUT2D eigenvalue weighted by Gasteiger charge is -2.07. The van der Waals surface area contributed by atoms with Crippen LogP contribution in [0.15, 0.2) is 36.4 Å². The van der Waals surface area contributed by atoms with Crippen LogP contribution >= 0.6 is 0 Å². The van der Waals surface area contributed by atoms with Crippen molar-refractivity contribution in [3.05, 3.63) is 68.8 Å². The van der Waals surface area contributed by atoms with Crippen molar-refractivity contribution in [3.8, 4) is 0 Å². The zero-order valence-electron chi connectivity index (χ0n) is 14.7. The molecule has 0 aliphatic carbocycles. The lowest BCUT2D eigenvalue weighted by atomic mass is 10.1. The third kappa shape index (κ3) is 5.04. The van der Waals surface area contributed by atoms with Gasteiger partial charge in [0.05, 0.1) is 17.1 Å². The summed E-state index contributed by atoms with van der Waals surface area (Å²) in [7, 11) is 0. The monoisotopic (exact) mass is 360 g/mol. The number of nitrogens with two attached hydrogens (primary N) is 1. The zero-order chi connectivity index (χ0) is 19.9. The molecular formula is C18H20N2O6. The highest BCUT2D eigenvalue weighted by molar-refractivity contribution is 5.96. The summed E-state index contributed by atoms with van der Waals surface area (Å²) in [6.45, 7) is 5.50. The van der Waals surface area contributed by atoms with Gasteiger partial charge in [-0.05, 0) is 38.0 Å². The van der Waals surface area contributed by atoms with Gasteiger partial charge in [-0.15, -0.1) is 0 Å². The van der Waals surface area contributed by atoms with Gasteiger partial charge in [0.25, 0.3) is 5.69 Å². The Kier molecular flexibility index (Phi) is 7.27. The van der Waals surface area contributed by atoms with Crippen LogP contribution in [0.25, 0.3) is 0 Å². The molecule has 0 aliphatic heterocycles. The number of rotatable bonds is 4. The van der Waals surface area contributed by atoms with Crippen LogP contribution in [0.4, 0.5) is 11.4 Å². The molecule has 0 bridgehead atoms. The summed E-state index contributed by atoms with van der Waals surface area (Å²) in [5.74, 6) is -1.62. The minimum atomic E-state index is -1.27. The SMILES string of the molecule is CCOC(=O)c1c(C)cccc1N.Cc1cccc([N+](=O)[O-])c1C(=O)O. The Bertz CT molecular complexity index is 812. The average molecular weight is 360 g/mol. The van der Waals surface area contributed by atoms with Gasteiger partial charge in [-0.3, -0.25) is 10.1 Å². The molecule has 2 aromatic rings. The van der Waals surface area contributed by atoms with Gasteiger partial charge in [0.15, 0.2) is 0 Å². The fraction of sp³-hybridized carbons (Fsp3) is 0.222. The molecule has 0 amide bonds. The van der Waals surface area contributed by atoms with Gasteiger partial charge in [-0.2, -0.15) is 0 Å². The normalized spacial score (nSPS) is 9.65. The molecule has 0 saturated heterocycles. The first-order chi connectivity index (χ1) is 12.2. The number of anilines is 1. The Morgan fingerprint density at radius 3 is 2.08 bits per heavy atom. The van der Waals surface area contributed by atoms with E-state index in [1.807, 2.05) is 19.1 Å². The number of ether oxygens (including phenoxy) is 1. The number of nitrogen functional groups attached to an aromatic ring is 1. The lowest BCUT2D eigenvalue weighted by molar-refractivity contribution is -0.385. The molecule has 3 N–H and O–H groups in total. The highest BCUT2D eigenvalue weighted by atomic mass is 16.6. The van der Waals surface area contributed by atoms with Crippen molar-refractivity contribution in [2.45, 2.75) is 20.8 Å². The summed E-state index contributed by atoms with van der Waals surface area (Å²) in [5.41, 5.74) is 7.22. The summed E-state index contributed by atoms with van der Waals surface area (Å²) < 4.78 is 4.87. The number of hydrogen-bond donors (Lipinski definition) is 2. The number of carboxylic acid groups (broad SMARTS) is 1. The van der Waals surface area contributed by atoms with Crippen molar-refractivity contribution in [2.24, 2.45) is 0 Å². The molecule has 0 fully saturated rings. The Morgan fingerprint density at radius 2 is 1.65 bits per heavy atom. The van der Waals surface area contributed by atoms with E-state index >= 15 is 0 Å². The second-order valence-electron chi connectivity index (χ2n) is 5.29. The van der Waals surface area contributed by atoms with Crippen LogP contribution in [-0.4, -0.2) is 28.6 Å². The number of nitrogens with zero attached hydrogens (tertiary/aromatic N) is 1. The molecule has 0 radical (unpaired) electrons. The molecular weight excluding hydrogens is 340 g/mol. The fourth-order valence-electron chi connectivity index (χ4n) is 2.26. The van der Waals surface area contributed by atoms with E-state index in [2.05, 4.69) is 0 Å². The highest BCUT2D eigenvalue weighted by Gasteiger charge is 2.20. The number of carbonyl (C=O) groups is 2. The minimum absolute atomic E-state index is 0.243. The Balaban J connectivity index is 0.000000260. The maximum atomic E-state index is 11.4. The molecule has 26 heavy (non-hydrogen) atoms. The van der Waals surface area contributed by atoms with Crippen molar-refractivity contribution in [3.63, 3.8) is 0 Å². The van der Waals surface area contributed by atoms with Crippen molar-refractivity contribution >= 4 is 23.3 Å². The number of hydrogen-bond acceptors (Lipinski definition) is 6. The molecule has 8 heteroatoms. The van der Waals surface area contributed by atoms with E-state index < -0.39 is 10.9 Å². The highest BCUT2D eigenvalue weighted by Crippen LogP contribution is 2.21. The number of carbonyl (C=O) groups excluding carboxylic acids is 1. The summed E-state index contributed by atoms with van der Waals surface area (Å²) in [6.07, 6.45) is 0. The number of aryl methyl sites for hydroxylation is 2. The summed E-state index contributed by atoms with van der Waals surface area (Å²) in [5, 5.41) is 19.1. The van der Waals surface area contributed by atoms with Crippen molar-refractivity contribution < 1.29 is 24.4 Å². The molecule has 0 unspecified atom stereocenters. The van der Waals surface area contributed by atoms with E-state index in [0.29, 0.717) is 23.4 Å². The number of nitro groups is 1. The van der Waals surface area contributed by atoms with Crippen LogP contribution in [0, 0.1) is 24.0 Å². The number of esters is 1. The van der Waals surface area contributed by atoms with E-state index in [1.165, 1.54) is 25.1 Å². The molecule has 2 aromatic carbocycles. The molecule has 0 spiro atoms. The molecule has 138 valence electrons.